The Bertz CT molecular complexity index is 330. The molecule has 0 aromatic carbocycles. The highest BCUT2D eigenvalue weighted by atomic mass is 32.2. The summed E-state index contributed by atoms with van der Waals surface area (Å²) in [5, 5.41) is 0. The first-order chi connectivity index (χ1) is 7.17. The third kappa shape index (κ3) is 1.91. The topological polar surface area (TPSA) is 55.9 Å². The van der Waals surface area contributed by atoms with Crippen molar-refractivity contribution >= 4 is 11.8 Å². The van der Waals surface area contributed by atoms with Crippen molar-refractivity contribution in [2.24, 2.45) is 12.9 Å². The Kier molecular flexibility index (Phi) is 3.04. The molecule has 4 nitrogen and oxygen atoms in total. The second kappa shape index (κ2) is 4.15. The lowest BCUT2D eigenvalue weighted by Crippen LogP contribution is -2.42. The molecule has 1 saturated heterocycles. The minimum atomic E-state index is 0.130. The van der Waals surface area contributed by atoms with Gasteiger partial charge in [-0.05, 0) is 25.5 Å². The van der Waals surface area contributed by atoms with Crippen molar-refractivity contribution in [3.8, 4) is 0 Å². The number of aryl methyl sites for hydroxylation is 1. The highest BCUT2D eigenvalue weighted by molar-refractivity contribution is 8.00. The molecular formula is C10H18N4S. The second-order valence-corrected chi connectivity index (χ2v) is 5.89. The number of thioether (sulfide) groups is 1. The van der Waals surface area contributed by atoms with E-state index in [-0.39, 0.29) is 10.8 Å². The fourth-order valence-electron chi connectivity index (χ4n) is 2.21. The van der Waals surface area contributed by atoms with E-state index in [1.54, 1.807) is 0 Å². The van der Waals surface area contributed by atoms with Crippen LogP contribution in [0.5, 0.6) is 0 Å². The second-order valence-electron chi connectivity index (χ2n) is 4.26. The van der Waals surface area contributed by atoms with E-state index in [1.165, 1.54) is 18.6 Å². The molecule has 84 valence electrons. The van der Waals surface area contributed by atoms with E-state index in [0.29, 0.717) is 0 Å². The molecule has 2 unspecified atom stereocenters. The van der Waals surface area contributed by atoms with Crippen LogP contribution in [-0.4, -0.2) is 20.1 Å². The maximum Gasteiger partial charge on any atom is 0.128 e. The molecule has 1 aliphatic heterocycles. The van der Waals surface area contributed by atoms with Crippen LogP contribution in [0.15, 0.2) is 12.4 Å². The third-order valence-corrected chi connectivity index (χ3v) is 4.74. The fourth-order valence-corrected chi connectivity index (χ4v) is 3.59. The Labute approximate surface area is 94.6 Å². The summed E-state index contributed by atoms with van der Waals surface area (Å²) in [4.78, 5) is 4.38. The number of aromatic nitrogens is 2. The van der Waals surface area contributed by atoms with E-state index in [4.69, 9.17) is 5.84 Å². The van der Waals surface area contributed by atoms with Gasteiger partial charge in [0.05, 0.1) is 6.04 Å². The Morgan fingerprint density at radius 3 is 3.00 bits per heavy atom. The molecule has 3 N–H and O–H groups in total. The average Bonchev–Trinajstić information content (AvgIpc) is 2.79. The number of hydrogen-bond donors (Lipinski definition) is 2. The molecule has 5 heteroatoms. The van der Waals surface area contributed by atoms with E-state index in [1.807, 2.05) is 35.8 Å². The molecule has 2 atom stereocenters. The lowest BCUT2D eigenvalue weighted by atomic mass is 9.96. The van der Waals surface area contributed by atoms with Crippen molar-refractivity contribution in [1.82, 2.24) is 15.0 Å². The Morgan fingerprint density at radius 1 is 1.73 bits per heavy atom. The van der Waals surface area contributed by atoms with Crippen molar-refractivity contribution < 1.29 is 0 Å². The summed E-state index contributed by atoms with van der Waals surface area (Å²) in [5.41, 5.74) is 2.92. The van der Waals surface area contributed by atoms with Gasteiger partial charge in [-0.2, -0.15) is 11.8 Å². The van der Waals surface area contributed by atoms with Crippen LogP contribution in [0.1, 0.15) is 31.6 Å². The number of nitrogens with one attached hydrogen (secondary N) is 1. The third-order valence-electron chi connectivity index (χ3n) is 3.14. The summed E-state index contributed by atoms with van der Waals surface area (Å²) in [7, 11) is 2.01. The SMILES string of the molecule is Cn1ccnc1C(NN)C1(C)CCCS1. The quantitative estimate of drug-likeness (QED) is 0.601. The number of nitrogens with two attached hydrogens (primary N) is 1. The van der Waals surface area contributed by atoms with Crippen LogP contribution in [0.2, 0.25) is 0 Å². The molecule has 1 fully saturated rings. The van der Waals surface area contributed by atoms with E-state index < -0.39 is 0 Å². The van der Waals surface area contributed by atoms with Crippen LogP contribution in [-0.2, 0) is 7.05 Å². The van der Waals surface area contributed by atoms with Crippen LogP contribution in [0.4, 0.5) is 0 Å². The van der Waals surface area contributed by atoms with Crippen LogP contribution in [0.25, 0.3) is 0 Å². The lowest BCUT2D eigenvalue weighted by molar-refractivity contribution is 0.395. The summed E-state index contributed by atoms with van der Waals surface area (Å²) in [6, 6.07) is 0.130. The molecule has 0 aliphatic carbocycles. The number of hydrogen-bond acceptors (Lipinski definition) is 4. The molecule has 0 saturated carbocycles. The first-order valence-corrected chi connectivity index (χ1v) is 6.23. The van der Waals surface area contributed by atoms with Gasteiger partial charge in [0.1, 0.15) is 5.82 Å². The molecule has 1 aliphatic rings. The zero-order chi connectivity index (χ0) is 10.9. The van der Waals surface area contributed by atoms with Crippen LogP contribution < -0.4 is 11.3 Å². The molecule has 0 spiro atoms. The number of hydrazine groups is 1. The van der Waals surface area contributed by atoms with Crippen molar-refractivity contribution in [3.63, 3.8) is 0 Å². The molecule has 1 aromatic heterocycles. The van der Waals surface area contributed by atoms with Gasteiger partial charge < -0.3 is 4.57 Å². The maximum atomic E-state index is 5.68. The van der Waals surface area contributed by atoms with Crippen molar-refractivity contribution in [1.29, 1.82) is 0 Å². The molecule has 0 radical (unpaired) electrons. The van der Waals surface area contributed by atoms with Gasteiger partial charge in [0.2, 0.25) is 0 Å². The lowest BCUT2D eigenvalue weighted by Gasteiger charge is -2.32. The average molecular weight is 226 g/mol. The fraction of sp³-hybridized carbons (Fsp3) is 0.700. The van der Waals surface area contributed by atoms with Gasteiger partial charge in [0, 0.05) is 24.2 Å². The van der Waals surface area contributed by atoms with E-state index in [0.717, 1.165) is 5.82 Å². The molecule has 0 bridgehead atoms. The van der Waals surface area contributed by atoms with Crippen molar-refractivity contribution in [2.45, 2.75) is 30.6 Å². The highest BCUT2D eigenvalue weighted by Crippen LogP contribution is 2.45. The summed E-state index contributed by atoms with van der Waals surface area (Å²) >= 11 is 1.99. The van der Waals surface area contributed by atoms with Crippen molar-refractivity contribution in [2.75, 3.05) is 5.75 Å². The van der Waals surface area contributed by atoms with Crippen molar-refractivity contribution in [3.05, 3.63) is 18.2 Å². The van der Waals surface area contributed by atoms with Crippen LogP contribution in [0, 0.1) is 0 Å². The number of imidazole rings is 1. The van der Waals surface area contributed by atoms with Gasteiger partial charge in [-0.3, -0.25) is 5.84 Å². The van der Waals surface area contributed by atoms with Gasteiger partial charge in [-0.15, -0.1) is 0 Å². The minimum absolute atomic E-state index is 0.130. The van der Waals surface area contributed by atoms with Gasteiger partial charge in [0.25, 0.3) is 0 Å². The normalized spacial score (nSPS) is 28.2. The van der Waals surface area contributed by atoms with E-state index in [2.05, 4.69) is 17.3 Å². The predicted octanol–water partition coefficient (Wildman–Crippen LogP) is 1.21. The Balaban J connectivity index is 2.27. The predicted molar refractivity (Wildman–Crippen MR) is 63.4 cm³/mol. The Morgan fingerprint density at radius 2 is 2.53 bits per heavy atom. The van der Waals surface area contributed by atoms with Gasteiger partial charge in [-0.1, -0.05) is 0 Å². The first kappa shape index (κ1) is 11.0. The zero-order valence-corrected chi connectivity index (χ0v) is 10.0. The summed E-state index contributed by atoms with van der Waals surface area (Å²) in [6.07, 6.45) is 6.24. The van der Waals surface area contributed by atoms with E-state index in [9.17, 15) is 0 Å². The largest absolute Gasteiger partial charge is 0.337 e. The molecule has 15 heavy (non-hydrogen) atoms. The molecular weight excluding hydrogens is 208 g/mol. The monoisotopic (exact) mass is 226 g/mol. The zero-order valence-electron chi connectivity index (χ0n) is 9.23. The van der Waals surface area contributed by atoms with Crippen LogP contribution in [0.3, 0.4) is 0 Å². The van der Waals surface area contributed by atoms with Gasteiger partial charge in [-0.25, -0.2) is 10.4 Å². The smallest absolute Gasteiger partial charge is 0.128 e. The molecule has 2 heterocycles. The molecule has 0 amide bonds. The summed E-state index contributed by atoms with van der Waals surface area (Å²) < 4.78 is 2.21. The number of rotatable bonds is 3. The Hall–Kier alpha value is -0.520. The summed E-state index contributed by atoms with van der Waals surface area (Å²) in [5.74, 6) is 7.93. The van der Waals surface area contributed by atoms with Gasteiger partial charge in [0.15, 0.2) is 0 Å². The highest BCUT2D eigenvalue weighted by Gasteiger charge is 2.40. The molecule has 2 rings (SSSR count). The maximum absolute atomic E-state index is 5.68. The number of nitrogens with zero attached hydrogens (tertiary/aromatic N) is 2. The van der Waals surface area contributed by atoms with Crippen LogP contribution >= 0.6 is 11.8 Å². The summed E-state index contributed by atoms with van der Waals surface area (Å²) in [6.45, 7) is 2.27. The first-order valence-electron chi connectivity index (χ1n) is 5.25. The molecule has 1 aromatic rings. The minimum Gasteiger partial charge on any atom is -0.337 e. The standard InChI is InChI=1S/C10H18N4S/c1-10(4-3-7-15-10)8(13-11)9-12-5-6-14(9)2/h5-6,8,13H,3-4,7,11H2,1-2H3. The van der Waals surface area contributed by atoms with E-state index >= 15 is 0 Å². The van der Waals surface area contributed by atoms with Gasteiger partial charge >= 0.3 is 0 Å².